The fourth-order valence-electron chi connectivity index (χ4n) is 0.754. The lowest BCUT2D eigenvalue weighted by Crippen LogP contribution is -2.00. The first-order valence-corrected chi connectivity index (χ1v) is 3.76. The van der Waals surface area contributed by atoms with Gasteiger partial charge in [-0.3, -0.25) is 0 Å². The standard InChI is InChI=1S/C8H14O2/c1-3-7(4-2)9-5-8-6-10-8/h3,8H,4-6H2,1-2H3. The van der Waals surface area contributed by atoms with E-state index >= 15 is 0 Å². The second-order valence-electron chi connectivity index (χ2n) is 2.37. The lowest BCUT2D eigenvalue weighted by Gasteiger charge is -2.04. The van der Waals surface area contributed by atoms with Crippen LogP contribution in [-0.2, 0) is 9.47 Å². The smallest absolute Gasteiger partial charge is 0.116 e. The van der Waals surface area contributed by atoms with E-state index in [4.69, 9.17) is 9.47 Å². The Morgan fingerprint density at radius 1 is 1.80 bits per heavy atom. The fourth-order valence-corrected chi connectivity index (χ4v) is 0.754. The van der Waals surface area contributed by atoms with Crippen LogP contribution >= 0.6 is 0 Å². The van der Waals surface area contributed by atoms with E-state index < -0.39 is 0 Å². The van der Waals surface area contributed by atoms with Crippen molar-refractivity contribution in [3.8, 4) is 0 Å². The number of hydrogen-bond donors (Lipinski definition) is 0. The van der Waals surface area contributed by atoms with Crippen molar-refractivity contribution in [2.75, 3.05) is 13.2 Å². The summed E-state index contributed by atoms with van der Waals surface area (Å²) in [6.45, 7) is 5.68. The van der Waals surface area contributed by atoms with Gasteiger partial charge in [-0.15, -0.1) is 0 Å². The molecule has 0 spiro atoms. The Hall–Kier alpha value is -0.500. The van der Waals surface area contributed by atoms with Crippen LogP contribution in [0.15, 0.2) is 11.8 Å². The number of epoxide rings is 1. The topological polar surface area (TPSA) is 21.8 Å². The molecular formula is C8H14O2. The zero-order valence-electron chi connectivity index (χ0n) is 6.59. The first-order chi connectivity index (χ1) is 4.86. The summed E-state index contributed by atoms with van der Waals surface area (Å²) in [7, 11) is 0. The van der Waals surface area contributed by atoms with Crippen LogP contribution in [0.3, 0.4) is 0 Å². The van der Waals surface area contributed by atoms with Gasteiger partial charge in [-0.05, 0) is 13.0 Å². The van der Waals surface area contributed by atoms with Crippen LogP contribution in [-0.4, -0.2) is 19.3 Å². The maximum atomic E-state index is 5.40. The van der Waals surface area contributed by atoms with Gasteiger partial charge in [-0.1, -0.05) is 6.92 Å². The molecule has 0 saturated carbocycles. The van der Waals surface area contributed by atoms with Gasteiger partial charge in [0.25, 0.3) is 0 Å². The van der Waals surface area contributed by atoms with E-state index in [1.54, 1.807) is 0 Å². The number of allylic oxidation sites excluding steroid dienone is 2. The zero-order valence-corrected chi connectivity index (χ0v) is 6.59. The first kappa shape index (κ1) is 7.61. The van der Waals surface area contributed by atoms with Crippen molar-refractivity contribution >= 4 is 0 Å². The summed E-state index contributed by atoms with van der Waals surface area (Å²) in [6, 6.07) is 0. The Morgan fingerprint density at radius 2 is 2.50 bits per heavy atom. The molecule has 0 N–H and O–H groups in total. The molecule has 1 heterocycles. The minimum absolute atomic E-state index is 0.376. The quantitative estimate of drug-likeness (QED) is 0.440. The van der Waals surface area contributed by atoms with Gasteiger partial charge in [0.05, 0.1) is 12.4 Å². The Bertz CT molecular complexity index is 125. The summed E-state index contributed by atoms with van der Waals surface area (Å²) < 4.78 is 10.4. The van der Waals surface area contributed by atoms with E-state index in [0.29, 0.717) is 6.10 Å². The van der Waals surface area contributed by atoms with Gasteiger partial charge in [0.2, 0.25) is 0 Å². The van der Waals surface area contributed by atoms with E-state index in [1.165, 1.54) is 0 Å². The summed E-state index contributed by atoms with van der Waals surface area (Å²) in [4.78, 5) is 0. The number of hydrogen-bond acceptors (Lipinski definition) is 2. The maximum Gasteiger partial charge on any atom is 0.116 e. The molecule has 1 fully saturated rings. The van der Waals surface area contributed by atoms with Gasteiger partial charge in [-0.25, -0.2) is 0 Å². The van der Waals surface area contributed by atoms with Gasteiger partial charge < -0.3 is 9.47 Å². The highest BCUT2D eigenvalue weighted by Gasteiger charge is 2.22. The van der Waals surface area contributed by atoms with Gasteiger partial charge in [0.1, 0.15) is 12.7 Å². The van der Waals surface area contributed by atoms with E-state index in [0.717, 1.165) is 25.4 Å². The van der Waals surface area contributed by atoms with Crippen LogP contribution < -0.4 is 0 Å². The van der Waals surface area contributed by atoms with Crippen LogP contribution in [0.1, 0.15) is 20.3 Å². The van der Waals surface area contributed by atoms with Gasteiger partial charge in [0.15, 0.2) is 0 Å². The Balaban J connectivity index is 2.08. The molecule has 1 saturated heterocycles. The normalized spacial score (nSPS) is 24.6. The molecule has 2 nitrogen and oxygen atoms in total. The highest BCUT2D eigenvalue weighted by Crippen LogP contribution is 2.12. The predicted molar refractivity (Wildman–Crippen MR) is 39.7 cm³/mol. The Labute approximate surface area is 61.8 Å². The molecular weight excluding hydrogens is 128 g/mol. The van der Waals surface area contributed by atoms with Crippen LogP contribution in [0, 0.1) is 0 Å². The molecule has 1 atom stereocenters. The predicted octanol–water partition coefficient (Wildman–Crippen LogP) is 1.72. The highest BCUT2D eigenvalue weighted by molar-refractivity contribution is 4.89. The molecule has 0 radical (unpaired) electrons. The lowest BCUT2D eigenvalue weighted by molar-refractivity contribution is 0.176. The van der Waals surface area contributed by atoms with E-state index in [9.17, 15) is 0 Å². The average molecular weight is 142 g/mol. The molecule has 0 amide bonds. The molecule has 0 aromatic heterocycles. The summed E-state index contributed by atoms with van der Waals surface area (Å²) >= 11 is 0. The number of ether oxygens (including phenoxy) is 2. The SMILES string of the molecule is CC=C(CC)OCC1CO1. The maximum absolute atomic E-state index is 5.40. The molecule has 0 aromatic rings. The van der Waals surface area contributed by atoms with Crippen molar-refractivity contribution in [3.63, 3.8) is 0 Å². The van der Waals surface area contributed by atoms with Crippen LogP contribution in [0.5, 0.6) is 0 Å². The van der Waals surface area contributed by atoms with Gasteiger partial charge in [-0.2, -0.15) is 0 Å². The number of rotatable bonds is 4. The molecule has 1 aliphatic rings. The zero-order chi connectivity index (χ0) is 7.40. The molecule has 0 bridgehead atoms. The van der Waals surface area contributed by atoms with Crippen molar-refractivity contribution in [3.05, 3.63) is 11.8 Å². The van der Waals surface area contributed by atoms with E-state index in [-0.39, 0.29) is 0 Å². The summed E-state index contributed by atoms with van der Waals surface area (Å²) in [5.74, 6) is 1.07. The third kappa shape index (κ3) is 2.40. The summed E-state index contributed by atoms with van der Waals surface area (Å²) in [5, 5.41) is 0. The monoisotopic (exact) mass is 142 g/mol. The molecule has 10 heavy (non-hydrogen) atoms. The Kier molecular flexibility index (Phi) is 2.75. The summed E-state index contributed by atoms with van der Waals surface area (Å²) in [5.41, 5.74) is 0. The molecule has 1 rings (SSSR count). The summed E-state index contributed by atoms with van der Waals surface area (Å²) in [6.07, 6.45) is 3.35. The molecule has 1 unspecified atom stereocenters. The molecule has 0 aromatic carbocycles. The van der Waals surface area contributed by atoms with Crippen molar-refractivity contribution in [2.24, 2.45) is 0 Å². The third-order valence-electron chi connectivity index (χ3n) is 1.53. The molecule has 2 heteroatoms. The van der Waals surface area contributed by atoms with Crippen LogP contribution in [0.4, 0.5) is 0 Å². The third-order valence-corrected chi connectivity index (χ3v) is 1.53. The van der Waals surface area contributed by atoms with Gasteiger partial charge in [0, 0.05) is 6.42 Å². The molecule has 1 aliphatic heterocycles. The van der Waals surface area contributed by atoms with Crippen molar-refractivity contribution in [1.82, 2.24) is 0 Å². The largest absolute Gasteiger partial charge is 0.495 e. The van der Waals surface area contributed by atoms with Crippen LogP contribution in [0.2, 0.25) is 0 Å². The minimum atomic E-state index is 0.376. The highest BCUT2D eigenvalue weighted by atomic mass is 16.6. The molecule has 58 valence electrons. The van der Waals surface area contributed by atoms with Crippen molar-refractivity contribution in [2.45, 2.75) is 26.4 Å². The van der Waals surface area contributed by atoms with E-state index in [1.807, 2.05) is 13.0 Å². The van der Waals surface area contributed by atoms with Crippen LogP contribution in [0.25, 0.3) is 0 Å². The second kappa shape index (κ2) is 3.62. The van der Waals surface area contributed by atoms with Crippen molar-refractivity contribution < 1.29 is 9.47 Å². The first-order valence-electron chi connectivity index (χ1n) is 3.76. The minimum Gasteiger partial charge on any atom is -0.495 e. The Morgan fingerprint density at radius 3 is 2.90 bits per heavy atom. The van der Waals surface area contributed by atoms with Gasteiger partial charge >= 0.3 is 0 Å². The lowest BCUT2D eigenvalue weighted by atomic mass is 10.4. The molecule has 0 aliphatic carbocycles. The fraction of sp³-hybridized carbons (Fsp3) is 0.750. The van der Waals surface area contributed by atoms with Crippen molar-refractivity contribution in [1.29, 1.82) is 0 Å². The average Bonchev–Trinajstić information content (AvgIpc) is 2.74. The second-order valence-corrected chi connectivity index (χ2v) is 2.37. The van der Waals surface area contributed by atoms with E-state index in [2.05, 4.69) is 6.92 Å².